The maximum Gasteiger partial charge on any atom is 0.266 e. The second-order valence-corrected chi connectivity index (χ2v) is 11.1. The first-order valence-electron chi connectivity index (χ1n) is 12.5. The number of hydrogen-bond donors (Lipinski definition) is 0. The van der Waals surface area contributed by atoms with Gasteiger partial charge in [0.15, 0.2) is 0 Å². The molecule has 9 heteroatoms. The fourth-order valence-electron chi connectivity index (χ4n) is 4.36. The zero-order chi connectivity index (χ0) is 26.4. The Balaban J connectivity index is 1.35. The largest absolute Gasteiger partial charge is 0.378 e. The molecule has 2 aromatic rings. The highest BCUT2D eigenvalue weighted by Gasteiger charge is 2.32. The highest BCUT2D eigenvalue weighted by molar-refractivity contribution is 8.26. The third-order valence-electron chi connectivity index (χ3n) is 6.44. The van der Waals surface area contributed by atoms with Crippen LogP contribution in [0.15, 0.2) is 53.4 Å². The summed E-state index contributed by atoms with van der Waals surface area (Å²) in [5, 5.41) is 0. The van der Waals surface area contributed by atoms with Gasteiger partial charge in [-0.25, -0.2) is 4.39 Å². The molecule has 6 nitrogen and oxygen atoms in total. The number of anilines is 1. The summed E-state index contributed by atoms with van der Waals surface area (Å²) in [7, 11) is 4.00. The molecule has 0 saturated carbocycles. The van der Waals surface area contributed by atoms with E-state index in [-0.39, 0.29) is 23.7 Å². The number of rotatable bonds is 10. The van der Waals surface area contributed by atoms with E-state index in [0.29, 0.717) is 41.7 Å². The Kier molecular flexibility index (Phi) is 9.34. The molecule has 0 bridgehead atoms. The summed E-state index contributed by atoms with van der Waals surface area (Å²) >= 11 is 6.66. The van der Waals surface area contributed by atoms with Crippen molar-refractivity contribution in [2.24, 2.45) is 0 Å². The van der Waals surface area contributed by atoms with Gasteiger partial charge in [0.1, 0.15) is 10.1 Å². The van der Waals surface area contributed by atoms with Gasteiger partial charge in [0, 0.05) is 52.4 Å². The van der Waals surface area contributed by atoms with Gasteiger partial charge in [-0.05, 0) is 60.7 Å². The molecule has 1 unspecified atom stereocenters. The maximum absolute atomic E-state index is 13.3. The number of thiocarbonyl (C=S) groups is 1. The Hall–Kier alpha value is -2.75. The van der Waals surface area contributed by atoms with Gasteiger partial charge in [-0.1, -0.05) is 48.2 Å². The Morgan fingerprint density at radius 3 is 2.57 bits per heavy atom. The highest BCUT2D eigenvalue weighted by Crippen LogP contribution is 2.32. The summed E-state index contributed by atoms with van der Waals surface area (Å²) in [6.07, 6.45) is 4.58. The average Bonchev–Trinajstić information content (AvgIpc) is 3.48. The van der Waals surface area contributed by atoms with Crippen molar-refractivity contribution in [2.75, 3.05) is 38.7 Å². The van der Waals surface area contributed by atoms with Crippen LogP contribution in [0.25, 0.3) is 6.08 Å². The van der Waals surface area contributed by atoms with Crippen LogP contribution in [0.1, 0.15) is 36.8 Å². The average molecular weight is 542 g/mol. The molecule has 37 heavy (non-hydrogen) atoms. The predicted molar refractivity (Wildman–Crippen MR) is 151 cm³/mol. The summed E-state index contributed by atoms with van der Waals surface area (Å²) in [6, 6.07) is 14.2. The number of ether oxygens (including phenoxy) is 1. The van der Waals surface area contributed by atoms with Gasteiger partial charge in [0.2, 0.25) is 5.91 Å². The molecule has 2 saturated heterocycles. The van der Waals surface area contributed by atoms with Crippen LogP contribution in [-0.2, 0) is 20.9 Å². The first-order valence-corrected chi connectivity index (χ1v) is 13.7. The van der Waals surface area contributed by atoms with Gasteiger partial charge in [0.25, 0.3) is 5.91 Å². The molecule has 2 aliphatic heterocycles. The van der Waals surface area contributed by atoms with Gasteiger partial charge >= 0.3 is 0 Å². The molecule has 4 rings (SSSR count). The smallest absolute Gasteiger partial charge is 0.266 e. The Labute approximate surface area is 227 Å². The summed E-state index contributed by atoms with van der Waals surface area (Å²) < 4.78 is 19.5. The molecule has 2 aliphatic rings. The van der Waals surface area contributed by atoms with Gasteiger partial charge in [-0.15, -0.1) is 0 Å². The van der Waals surface area contributed by atoms with Crippen LogP contribution in [0.4, 0.5) is 10.1 Å². The van der Waals surface area contributed by atoms with E-state index in [1.54, 1.807) is 23.1 Å². The van der Waals surface area contributed by atoms with E-state index in [9.17, 15) is 14.0 Å². The molecule has 196 valence electrons. The monoisotopic (exact) mass is 541 g/mol. The van der Waals surface area contributed by atoms with Crippen LogP contribution in [0.2, 0.25) is 0 Å². The molecule has 0 aliphatic carbocycles. The molecular formula is C28H32FN3O3S2. The van der Waals surface area contributed by atoms with Crippen molar-refractivity contribution in [3.8, 4) is 0 Å². The number of hydrogen-bond acceptors (Lipinski definition) is 6. The Morgan fingerprint density at radius 1 is 1.19 bits per heavy atom. The molecule has 2 amide bonds. The number of carbonyl (C=O) groups excluding carboxylic acids is 2. The Bertz CT molecular complexity index is 1150. The van der Waals surface area contributed by atoms with E-state index in [2.05, 4.69) is 24.3 Å². The van der Waals surface area contributed by atoms with Gasteiger partial charge in [0.05, 0.1) is 11.0 Å². The predicted octanol–water partition coefficient (Wildman–Crippen LogP) is 5.08. The van der Waals surface area contributed by atoms with E-state index in [1.165, 1.54) is 23.9 Å². The van der Waals surface area contributed by atoms with Crippen molar-refractivity contribution < 1.29 is 18.7 Å². The van der Waals surface area contributed by atoms with Crippen molar-refractivity contribution in [1.29, 1.82) is 0 Å². The topological polar surface area (TPSA) is 53.1 Å². The number of halogens is 1. The first kappa shape index (κ1) is 27.3. The van der Waals surface area contributed by atoms with Crippen molar-refractivity contribution in [2.45, 2.75) is 38.3 Å². The molecule has 0 N–H and O–H groups in total. The molecule has 2 fully saturated rings. The van der Waals surface area contributed by atoms with Crippen molar-refractivity contribution in [1.82, 2.24) is 9.80 Å². The first-order chi connectivity index (χ1) is 17.8. The fourth-order valence-corrected chi connectivity index (χ4v) is 5.67. The maximum atomic E-state index is 13.3. The van der Waals surface area contributed by atoms with Gasteiger partial charge < -0.3 is 14.5 Å². The molecule has 2 heterocycles. The van der Waals surface area contributed by atoms with E-state index in [4.69, 9.17) is 17.0 Å². The Morgan fingerprint density at radius 2 is 1.92 bits per heavy atom. The highest BCUT2D eigenvalue weighted by atomic mass is 32.2. The number of amides is 2. The number of nitrogens with zero attached hydrogens (tertiary/aromatic N) is 3. The second-order valence-electron chi connectivity index (χ2n) is 9.46. The summed E-state index contributed by atoms with van der Waals surface area (Å²) in [5.74, 6) is -0.461. The zero-order valence-corrected chi connectivity index (χ0v) is 22.8. The molecular weight excluding hydrogens is 509 g/mol. The number of benzene rings is 2. The van der Waals surface area contributed by atoms with Crippen LogP contribution in [0.5, 0.6) is 0 Å². The van der Waals surface area contributed by atoms with E-state index in [1.807, 2.05) is 23.9 Å². The SMILES string of the molecule is CN(C)c1ccc(CN(CC2CCCO2)C(=O)CCCN2C(=O)/C(=C/c3ccc(F)cc3)SC2=S)cc1. The standard InChI is InChI=1S/C28H32FN3O3S2/c1-30(2)23-13-9-21(10-14-23)18-31(19-24-5-4-16-35-24)26(33)6-3-15-32-27(34)25(37-28(32)36)17-20-7-11-22(29)12-8-20/h7-14,17,24H,3-6,15-16,18-19H2,1-2H3/b25-17-. The van der Waals surface area contributed by atoms with Crippen LogP contribution in [0, 0.1) is 5.82 Å². The van der Waals surface area contributed by atoms with Crippen molar-refractivity contribution >= 4 is 51.9 Å². The quantitative estimate of drug-likeness (QED) is 0.309. The van der Waals surface area contributed by atoms with Crippen molar-refractivity contribution in [3.05, 3.63) is 70.4 Å². The van der Waals surface area contributed by atoms with Gasteiger partial charge in [-0.2, -0.15) is 0 Å². The molecule has 1 atom stereocenters. The minimum atomic E-state index is -0.325. The molecule has 0 radical (unpaired) electrons. The molecule has 0 aromatic heterocycles. The lowest BCUT2D eigenvalue weighted by molar-refractivity contribution is -0.134. The van der Waals surface area contributed by atoms with E-state index < -0.39 is 0 Å². The van der Waals surface area contributed by atoms with Gasteiger partial charge in [-0.3, -0.25) is 14.5 Å². The zero-order valence-electron chi connectivity index (χ0n) is 21.2. The third-order valence-corrected chi connectivity index (χ3v) is 7.82. The fraction of sp³-hybridized carbons (Fsp3) is 0.393. The lowest BCUT2D eigenvalue weighted by atomic mass is 10.1. The molecule has 0 spiro atoms. The van der Waals surface area contributed by atoms with Crippen molar-refractivity contribution in [3.63, 3.8) is 0 Å². The summed E-state index contributed by atoms with van der Waals surface area (Å²) in [6.45, 7) is 2.20. The normalized spacial score (nSPS) is 18.6. The van der Waals surface area contributed by atoms with E-state index in [0.717, 1.165) is 36.3 Å². The van der Waals surface area contributed by atoms with Crippen LogP contribution < -0.4 is 4.90 Å². The third kappa shape index (κ3) is 7.40. The number of carbonyl (C=O) groups is 2. The van der Waals surface area contributed by atoms with Crippen LogP contribution >= 0.6 is 24.0 Å². The lowest BCUT2D eigenvalue weighted by Gasteiger charge is -2.26. The van der Waals surface area contributed by atoms with Crippen LogP contribution in [-0.4, -0.2) is 65.8 Å². The minimum Gasteiger partial charge on any atom is -0.378 e. The van der Waals surface area contributed by atoms with Crippen LogP contribution in [0.3, 0.4) is 0 Å². The molecule has 2 aromatic carbocycles. The second kappa shape index (κ2) is 12.7. The summed E-state index contributed by atoms with van der Waals surface area (Å²) in [4.78, 5) is 32.1. The summed E-state index contributed by atoms with van der Waals surface area (Å²) in [5.41, 5.74) is 2.91. The number of thioether (sulfide) groups is 1. The van der Waals surface area contributed by atoms with E-state index >= 15 is 0 Å². The lowest BCUT2D eigenvalue weighted by Crippen LogP contribution is -2.37. The minimum absolute atomic E-state index is 0.0412.